The van der Waals surface area contributed by atoms with Gasteiger partial charge in [-0.05, 0) is 30.7 Å². The van der Waals surface area contributed by atoms with Gasteiger partial charge in [-0.1, -0.05) is 35.6 Å². The molecule has 0 bridgehead atoms. The lowest BCUT2D eigenvalue weighted by molar-refractivity contribution is -0.137. The summed E-state index contributed by atoms with van der Waals surface area (Å²) in [6.07, 6.45) is 2.26. The van der Waals surface area contributed by atoms with Gasteiger partial charge >= 0.3 is 11.9 Å². The summed E-state index contributed by atoms with van der Waals surface area (Å²) in [5, 5.41) is 8.63. The number of carboxylic acid groups (broad SMARTS) is 1. The molecular formula is C20H16N2O4S. The second-order valence-electron chi connectivity index (χ2n) is 6.10. The lowest BCUT2D eigenvalue weighted by Gasteiger charge is -2.05. The molecule has 0 saturated heterocycles. The summed E-state index contributed by atoms with van der Waals surface area (Å²) in [6.45, 7) is 0. The van der Waals surface area contributed by atoms with Crippen LogP contribution in [-0.4, -0.2) is 26.4 Å². The highest BCUT2D eigenvalue weighted by atomic mass is 32.1. The number of aromatic nitrogens is 2. The minimum absolute atomic E-state index is 0.0471. The number of imidazole rings is 1. The molecule has 0 amide bonds. The van der Waals surface area contributed by atoms with Crippen LogP contribution in [0.4, 0.5) is 0 Å². The SMILES string of the molecule is O=C(O)CCCC(=O)Oc1cccc(-c2cn3c(n2)sc2ccccc23)c1. The first-order valence-electron chi connectivity index (χ1n) is 8.50. The van der Waals surface area contributed by atoms with E-state index in [-0.39, 0.29) is 19.3 Å². The molecular weight excluding hydrogens is 364 g/mol. The molecule has 0 atom stereocenters. The van der Waals surface area contributed by atoms with E-state index in [9.17, 15) is 9.59 Å². The van der Waals surface area contributed by atoms with Crippen molar-refractivity contribution in [2.45, 2.75) is 19.3 Å². The average molecular weight is 380 g/mol. The number of aliphatic carboxylic acids is 1. The highest BCUT2D eigenvalue weighted by Gasteiger charge is 2.12. The number of carbonyl (C=O) groups excluding carboxylic acids is 1. The Morgan fingerprint density at radius 1 is 1.11 bits per heavy atom. The monoisotopic (exact) mass is 380 g/mol. The normalized spacial score (nSPS) is 11.1. The number of thiazole rings is 1. The molecule has 136 valence electrons. The van der Waals surface area contributed by atoms with E-state index in [4.69, 9.17) is 9.84 Å². The van der Waals surface area contributed by atoms with Crippen LogP contribution in [0.15, 0.2) is 54.7 Å². The molecule has 7 heteroatoms. The standard InChI is InChI=1S/C20H16N2O4S/c23-18(24)9-4-10-19(25)26-14-6-3-5-13(11-14)15-12-22-16-7-1-2-8-17(16)27-20(22)21-15/h1-3,5-8,11-12H,4,9-10H2,(H,23,24). The quantitative estimate of drug-likeness (QED) is 0.397. The fourth-order valence-corrected chi connectivity index (χ4v) is 3.88. The zero-order chi connectivity index (χ0) is 18.8. The van der Waals surface area contributed by atoms with Gasteiger partial charge in [0.2, 0.25) is 0 Å². The summed E-state index contributed by atoms with van der Waals surface area (Å²) >= 11 is 1.62. The number of hydrogen-bond donors (Lipinski definition) is 1. The highest BCUT2D eigenvalue weighted by Crippen LogP contribution is 2.30. The molecule has 0 radical (unpaired) electrons. The van der Waals surface area contributed by atoms with E-state index in [1.165, 1.54) is 4.70 Å². The zero-order valence-electron chi connectivity index (χ0n) is 14.3. The van der Waals surface area contributed by atoms with Crippen LogP contribution in [0, 0.1) is 0 Å². The van der Waals surface area contributed by atoms with Gasteiger partial charge < -0.3 is 9.84 Å². The maximum atomic E-state index is 11.9. The average Bonchev–Trinajstić information content (AvgIpc) is 3.19. The summed E-state index contributed by atoms with van der Waals surface area (Å²) in [7, 11) is 0. The number of rotatable bonds is 6. The number of hydrogen-bond acceptors (Lipinski definition) is 5. The molecule has 0 unspecified atom stereocenters. The van der Waals surface area contributed by atoms with Gasteiger partial charge in [-0.25, -0.2) is 4.98 Å². The van der Waals surface area contributed by atoms with E-state index >= 15 is 0 Å². The van der Waals surface area contributed by atoms with Crippen LogP contribution in [0.5, 0.6) is 5.75 Å². The molecule has 2 aromatic heterocycles. The van der Waals surface area contributed by atoms with Crippen molar-refractivity contribution in [2.75, 3.05) is 0 Å². The van der Waals surface area contributed by atoms with Crippen LogP contribution in [-0.2, 0) is 9.59 Å². The van der Waals surface area contributed by atoms with E-state index in [2.05, 4.69) is 21.5 Å². The van der Waals surface area contributed by atoms with Crippen molar-refractivity contribution >= 4 is 38.5 Å². The van der Waals surface area contributed by atoms with E-state index in [1.807, 2.05) is 24.4 Å². The molecule has 0 aliphatic heterocycles. The first-order chi connectivity index (χ1) is 13.1. The molecule has 0 spiro atoms. The molecule has 27 heavy (non-hydrogen) atoms. The Labute approximate surface area is 158 Å². The predicted molar refractivity (Wildman–Crippen MR) is 103 cm³/mol. The number of fused-ring (bicyclic) bond motifs is 3. The van der Waals surface area contributed by atoms with Gasteiger partial charge in [0.1, 0.15) is 5.75 Å². The lowest BCUT2D eigenvalue weighted by atomic mass is 10.1. The number of para-hydroxylation sites is 1. The minimum Gasteiger partial charge on any atom is -0.481 e. The summed E-state index contributed by atoms with van der Waals surface area (Å²) in [6, 6.07) is 15.3. The van der Waals surface area contributed by atoms with E-state index in [0.717, 1.165) is 21.7 Å². The van der Waals surface area contributed by atoms with E-state index in [1.54, 1.807) is 29.5 Å². The largest absolute Gasteiger partial charge is 0.481 e. The number of carboxylic acids is 1. The first kappa shape index (κ1) is 17.2. The molecule has 6 nitrogen and oxygen atoms in total. The van der Waals surface area contributed by atoms with E-state index in [0.29, 0.717) is 5.75 Å². The molecule has 0 aliphatic rings. The number of nitrogens with zero attached hydrogens (tertiary/aromatic N) is 2. The van der Waals surface area contributed by atoms with Crippen LogP contribution >= 0.6 is 11.3 Å². The third-order valence-corrected chi connectivity index (χ3v) is 5.17. The number of ether oxygens (including phenoxy) is 1. The van der Waals surface area contributed by atoms with Crippen molar-refractivity contribution in [2.24, 2.45) is 0 Å². The number of carbonyl (C=O) groups is 2. The van der Waals surface area contributed by atoms with Gasteiger partial charge in [0.05, 0.1) is 15.9 Å². The Bertz CT molecular complexity index is 1150. The lowest BCUT2D eigenvalue weighted by Crippen LogP contribution is -2.08. The smallest absolute Gasteiger partial charge is 0.311 e. The van der Waals surface area contributed by atoms with Gasteiger partial charge in [-0.3, -0.25) is 14.0 Å². The van der Waals surface area contributed by atoms with Crippen LogP contribution in [0.1, 0.15) is 19.3 Å². The third-order valence-electron chi connectivity index (χ3n) is 4.13. The number of benzene rings is 2. The molecule has 4 aromatic rings. The van der Waals surface area contributed by atoms with Crippen molar-refractivity contribution in [3.63, 3.8) is 0 Å². The van der Waals surface area contributed by atoms with Gasteiger partial charge in [-0.15, -0.1) is 0 Å². The molecule has 2 aromatic carbocycles. The molecule has 4 rings (SSSR count). The summed E-state index contributed by atoms with van der Waals surface area (Å²) in [4.78, 5) is 28.0. The van der Waals surface area contributed by atoms with Crippen molar-refractivity contribution < 1.29 is 19.4 Å². The van der Waals surface area contributed by atoms with Gasteiger partial charge in [0.15, 0.2) is 4.96 Å². The van der Waals surface area contributed by atoms with Crippen molar-refractivity contribution in [3.8, 4) is 17.0 Å². The Hall–Kier alpha value is -3.19. The molecule has 0 aliphatic carbocycles. The maximum Gasteiger partial charge on any atom is 0.311 e. The van der Waals surface area contributed by atoms with Crippen LogP contribution in [0.3, 0.4) is 0 Å². The Morgan fingerprint density at radius 2 is 1.96 bits per heavy atom. The summed E-state index contributed by atoms with van der Waals surface area (Å²) in [5.41, 5.74) is 2.76. The fraction of sp³-hybridized carbons (Fsp3) is 0.150. The van der Waals surface area contributed by atoms with E-state index < -0.39 is 11.9 Å². The zero-order valence-corrected chi connectivity index (χ0v) is 15.1. The summed E-state index contributed by atoms with van der Waals surface area (Å²) in [5.74, 6) is -0.934. The van der Waals surface area contributed by atoms with Gasteiger partial charge in [0, 0.05) is 24.6 Å². The fourth-order valence-electron chi connectivity index (χ4n) is 2.87. The highest BCUT2D eigenvalue weighted by molar-refractivity contribution is 7.23. The van der Waals surface area contributed by atoms with Crippen LogP contribution < -0.4 is 4.74 Å². The molecule has 0 fully saturated rings. The van der Waals surface area contributed by atoms with Gasteiger partial charge in [0.25, 0.3) is 0 Å². The first-order valence-corrected chi connectivity index (χ1v) is 9.31. The second-order valence-corrected chi connectivity index (χ2v) is 7.11. The molecule has 0 saturated carbocycles. The molecule has 2 heterocycles. The second kappa shape index (κ2) is 7.20. The predicted octanol–water partition coefficient (Wildman–Crippen LogP) is 4.38. The van der Waals surface area contributed by atoms with Crippen molar-refractivity contribution in [1.29, 1.82) is 0 Å². The topological polar surface area (TPSA) is 80.9 Å². The van der Waals surface area contributed by atoms with Crippen LogP contribution in [0.2, 0.25) is 0 Å². The Kier molecular flexibility index (Phi) is 4.60. The van der Waals surface area contributed by atoms with Crippen LogP contribution in [0.25, 0.3) is 26.4 Å². The Morgan fingerprint density at radius 3 is 2.81 bits per heavy atom. The third kappa shape index (κ3) is 3.68. The number of esters is 1. The summed E-state index contributed by atoms with van der Waals surface area (Å²) < 4.78 is 8.55. The van der Waals surface area contributed by atoms with Crippen molar-refractivity contribution in [1.82, 2.24) is 9.38 Å². The Balaban J connectivity index is 1.54. The maximum absolute atomic E-state index is 11.9. The molecule has 1 N–H and O–H groups in total. The minimum atomic E-state index is -0.919. The van der Waals surface area contributed by atoms with Crippen molar-refractivity contribution in [3.05, 3.63) is 54.7 Å². The van der Waals surface area contributed by atoms with Gasteiger partial charge in [-0.2, -0.15) is 0 Å².